The van der Waals surface area contributed by atoms with E-state index in [1.165, 1.54) is 5.56 Å². The fourth-order valence-electron chi connectivity index (χ4n) is 3.40. The summed E-state index contributed by atoms with van der Waals surface area (Å²) in [6, 6.07) is 22.1. The molecule has 3 rings (SSSR count). The summed E-state index contributed by atoms with van der Waals surface area (Å²) in [5.74, 6) is 0.512. The molecule has 0 heterocycles. The van der Waals surface area contributed by atoms with Crippen molar-refractivity contribution >= 4 is 17.1 Å². The molecule has 0 radical (unpaired) electrons. The van der Waals surface area contributed by atoms with Gasteiger partial charge in [-0.15, -0.1) is 0 Å². The molecule has 3 aromatic carbocycles. The third kappa shape index (κ3) is 7.14. The molecule has 3 N–H and O–H groups in total. The minimum absolute atomic E-state index is 0.314. The highest BCUT2D eigenvalue weighted by Crippen LogP contribution is 2.29. The van der Waals surface area contributed by atoms with Gasteiger partial charge in [-0.25, -0.2) is 0 Å². The lowest BCUT2D eigenvalue weighted by atomic mass is 9.95. The molecule has 0 bridgehead atoms. The largest absolute Gasteiger partial charge is 0.474 e. The zero-order valence-electron chi connectivity index (χ0n) is 20.1. The Balaban J connectivity index is 1.82. The maximum atomic E-state index is 5.81. The van der Waals surface area contributed by atoms with Gasteiger partial charge in [0.1, 0.15) is 12.2 Å². The molecule has 0 aromatic heterocycles. The van der Waals surface area contributed by atoms with Gasteiger partial charge in [0.15, 0.2) is 5.88 Å². The maximum Gasteiger partial charge on any atom is 0.184 e. The van der Waals surface area contributed by atoms with Crippen LogP contribution in [0, 0.1) is 6.92 Å². The Morgan fingerprint density at radius 2 is 1.76 bits per heavy atom. The minimum atomic E-state index is -0.314. The first-order valence-corrected chi connectivity index (χ1v) is 11.0. The first-order valence-electron chi connectivity index (χ1n) is 11.0. The van der Waals surface area contributed by atoms with Gasteiger partial charge in [-0.3, -0.25) is 0 Å². The Morgan fingerprint density at radius 3 is 2.45 bits per heavy atom. The van der Waals surface area contributed by atoms with Crippen LogP contribution in [0.3, 0.4) is 0 Å². The van der Waals surface area contributed by atoms with E-state index in [9.17, 15) is 0 Å². The van der Waals surface area contributed by atoms with Crippen LogP contribution in [-0.2, 0) is 16.2 Å². The lowest BCUT2D eigenvalue weighted by molar-refractivity contribution is 0.0565. The number of nitrogens with two attached hydrogens (primary N) is 1. The van der Waals surface area contributed by atoms with Crippen LogP contribution in [0.2, 0.25) is 0 Å². The number of nitrogens with zero attached hydrogens (tertiary/aromatic N) is 1. The molecule has 33 heavy (non-hydrogen) atoms. The van der Waals surface area contributed by atoms with Crippen molar-refractivity contribution in [2.75, 3.05) is 11.1 Å². The molecule has 0 aliphatic rings. The second-order valence-corrected chi connectivity index (χ2v) is 9.08. The van der Waals surface area contributed by atoms with Crippen molar-refractivity contribution in [3.8, 4) is 11.1 Å². The molecule has 0 spiro atoms. The Labute approximate surface area is 196 Å². The van der Waals surface area contributed by atoms with E-state index in [0.717, 1.165) is 39.3 Å². The van der Waals surface area contributed by atoms with Gasteiger partial charge in [0.25, 0.3) is 0 Å². The summed E-state index contributed by atoms with van der Waals surface area (Å²) in [6.07, 6.45) is 0. The predicted molar refractivity (Wildman–Crippen MR) is 138 cm³/mol. The number of anilines is 2. The SMILES string of the molecule is C=C(Nc1cccc(-c2cc(C)ccc2/C(C)=N/OCc2ccc(N)cc2)c1)OC(C)(C)C. The zero-order valence-corrected chi connectivity index (χ0v) is 20.1. The van der Waals surface area contributed by atoms with Crippen molar-refractivity contribution in [1.82, 2.24) is 0 Å². The summed E-state index contributed by atoms with van der Waals surface area (Å²) in [5.41, 5.74) is 13.2. The van der Waals surface area contributed by atoms with Crippen molar-refractivity contribution in [2.24, 2.45) is 5.16 Å². The summed E-state index contributed by atoms with van der Waals surface area (Å²) < 4.78 is 5.81. The van der Waals surface area contributed by atoms with Crippen molar-refractivity contribution < 1.29 is 9.57 Å². The topological polar surface area (TPSA) is 68.9 Å². The monoisotopic (exact) mass is 443 g/mol. The summed E-state index contributed by atoms with van der Waals surface area (Å²) >= 11 is 0. The quantitative estimate of drug-likeness (QED) is 0.172. The van der Waals surface area contributed by atoms with Crippen molar-refractivity contribution in [3.63, 3.8) is 0 Å². The normalized spacial score (nSPS) is 11.7. The van der Waals surface area contributed by atoms with Crippen LogP contribution in [0.15, 0.2) is 84.3 Å². The van der Waals surface area contributed by atoms with Gasteiger partial charge < -0.3 is 20.6 Å². The van der Waals surface area contributed by atoms with Crippen LogP contribution in [0.4, 0.5) is 11.4 Å². The molecule has 0 aliphatic carbocycles. The average Bonchev–Trinajstić information content (AvgIpc) is 2.74. The predicted octanol–water partition coefficient (Wildman–Crippen LogP) is 6.88. The molecular formula is C28H33N3O2. The van der Waals surface area contributed by atoms with Gasteiger partial charge in [-0.1, -0.05) is 53.2 Å². The number of hydrogen-bond acceptors (Lipinski definition) is 5. The van der Waals surface area contributed by atoms with Gasteiger partial charge in [0.05, 0.1) is 5.71 Å². The first-order chi connectivity index (χ1) is 15.6. The van der Waals surface area contributed by atoms with E-state index in [2.05, 4.69) is 54.3 Å². The summed E-state index contributed by atoms with van der Waals surface area (Å²) in [6.45, 7) is 14.4. The summed E-state index contributed by atoms with van der Waals surface area (Å²) in [4.78, 5) is 5.63. The first kappa shape index (κ1) is 23.9. The number of nitrogens with one attached hydrogen (secondary N) is 1. The third-order valence-corrected chi connectivity index (χ3v) is 4.86. The van der Waals surface area contributed by atoms with E-state index < -0.39 is 0 Å². The van der Waals surface area contributed by atoms with E-state index in [4.69, 9.17) is 15.3 Å². The van der Waals surface area contributed by atoms with Crippen LogP contribution >= 0.6 is 0 Å². The van der Waals surface area contributed by atoms with Crippen molar-refractivity contribution in [1.29, 1.82) is 0 Å². The van der Waals surface area contributed by atoms with Crippen LogP contribution in [0.5, 0.6) is 0 Å². The van der Waals surface area contributed by atoms with Crippen LogP contribution in [0.1, 0.15) is 44.4 Å². The highest BCUT2D eigenvalue weighted by atomic mass is 16.6. The summed E-state index contributed by atoms with van der Waals surface area (Å²) in [7, 11) is 0. The van der Waals surface area contributed by atoms with Gasteiger partial charge in [0.2, 0.25) is 0 Å². The zero-order chi connectivity index (χ0) is 24.0. The number of benzene rings is 3. The Bertz CT molecular complexity index is 1140. The highest BCUT2D eigenvalue weighted by Gasteiger charge is 2.13. The molecule has 3 aromatic rings. The molecule has 5 heteroatoms. The lowest BCUT2D eigenvalue weighted by Crippen LogP contribution is -2.21. The maximum absolute atomic E-state index is 5.81. The van der Waals surface area contributed by atoms with E-state index in [1.807, 2.05) is 64.1 Å². The minimum Gasteiger partial charge on any atom is -0.474 e. The molecule has 172 valence electrons. The second-order valence-electron chi connectivity index (χ2n) is 9.08. The molecule has 0 saturated heterocycles. The van der Waals surface area contributed by atoms with E-state index in [0.29, 0.717) is 12.5 Å². The Kier molecular flexibility index (Phi) is 7.44. The number of oxime groups is 1. The van der Waals surface area contributed by atoms with Crippen molar-refractivity contribution in [2.45, 2.75) is 46.8 Å². The molecule has 0 aliphatic heterocycles. The number of rotatable bonds is 8. The van der Waals surface area contributed by atoms with E-state index >= 15 is 0 Å². The molecule has 0 amide bonds. The molecule has 0 atom stereocenters. The van der Waals surface area contributed by atoms with E-state index in [-0.39, 0.29) is 5.60 Å². The van der Waals surface area contributed by atoms with Crippen LogP contribution < -0.4 is 11.1 Å². The van der Waals surface area contributed by atoms with Crippen LogP contribution in [0.25, 0.3) is 11.1 Å². The van der Waals surface area contributed by atoms with Crippen molar-refractivity contribution in [3.05, 3.63) is 95.9 Å². The fourth-order valence-corrected chi connectivity index (χ4v) is 3.40. The van der Waals surface area contributed by atoms with Gasteiger partial charge in [0, 0.05) is 16.9 Å². The molecule has 0 saturated carbocycles. The Morgan fingerprint density at radius 1 is 1.03 bits per heavy atom. The molecule has 0 fully saturated rings. The molecular weight excluding hydrogens is 410 g/mol. The molecule has 5 nitrogen and oxygen atoms in total. The third-order valence-electron chi connectivity index (χ3n) is 4.86. The van der Waals surface area contributed by atoms with E-state index in [1.54, 1.807) is 0 Å². The average molecular weight is 444 g/mol. The summed E-state index contributed by atoms with van der Waals surface area (Å²) in [5, 5.41) is 7.62. The van der Waals surface area contributed by atoms with Crippen LogP contribution in [-0.4, -0.2) is 11.3 Å². The molecule has 0 unspecified atom stereocenters. The second kappa shape index (κ2) is 10.3. The Hall–Kier alpha value is -3.73. The van der Waals surface area contributed by atoms with Gasteiger partial charge in [-0.05, 0) is 82.2 Å². The smallest absolute Gasteiger partial charge is 0.184 e. The fraction of sp³-hybridized carbons (Fsp3) is 0.250. The standard InChI is InChI=1S/C28H33N3O2/c1-19-10-15-26(20(2)31-32-18-22-11-13-24(29)14-12-22)27(16-19)23-8-7-9-25(17-23)30-21(3)33-28(4,5)6/h7-17,30H,3,18,29H2,1-2,4-6H3/b31-20+. The lowest BCUT2D eigenvalue weighted by Gasteiger charge is -2.23. The van der Waals surface area contributed by atoms with Gasteiger partial charge in [-0.2, -0.15) is 0 Å². The highest BCUT2D eigenvalue weighted by molar-refractivity contribution is 6.04. The number of aryl methyl sites for hydroxylation is 1. The number of hydrogen-bond donors (Lipinski definition) is 2. The number of nitrogen functional groups attached to an aromatic ring is 1. The van der Waals surface area contributed by atoms with Gasteiger partial charge >= 0.3 is 0 Å². The number of ether oxygens (including phenoxy) is 1.